The van der Waals surface area contributed by atoms with E-state index in [9.17, 15) is 4.79 Å². The van der Waals surface area contributed by atoms with Crippen LogP contribution in [0, 0.1) is 11.8 Å². The summed E-state index contributed by atoms with van der Waals surface area (Å²) in [4.78, 5) is 10.2. The lowest BCUT2D eigenvalue weighted by Crippen LogP contribution is -1.98. The number of hydrogen-bond acceptors (Lipinski definition) is 1. The smallest absolute Gasteiger partial charge is 0.120 e. The molecule has 0 aromatic carbocycles. The molecule has 1 heteroatoms. The van der Waals surface area contributed by atoms with Crippen LogP contribution >= 0.6 is 0 Å². The van der Waals surface area contributed by atoms with Gasteiger partial charge in [-0.1, -0.05) is 46.5 Å². The first-order valence-electron chi connectivity index (χ1n) is 5.14. The standard InChI is InChI=1S/C11H22O/c1-4-10(2)6-5-7-11(3)8-9-12/h9-11H,4-8H2,1-3H3. The summed E-state index contributed by atoms with van der Waals surface area (Å²) in [5, 5.41) is 0. The molecule has 2 unspecified atom stereocenters. The molecule has 0 rings (SSSR count). The Morgan fingerprint density at radius 3 is 2.25 bits per heavy atom. The Hall–Kier alpha value is -0.330. The topological polar surface area (TPSA) is 17.1 Å². The van der Waals surface area contributed by atoms with Gasteiger partial charge >= 0.3 is 0 Å². The number of rotatable bonds is 7. The van der Waals surface area contributed by atoms with Crippen LogP contribution in [0.5, 0.6) is 0 Å². The zero-order valence-corrected chi connectivity index (χ0v) is 8.68. The summed E-state index contributed by atoms with van der Waals surface area (Å²) in [6, 6.07) is 0. The average molecular weight is 170 g/mol. The van der Waals surface area contributed by atoms with E-state index in [1.54, 1.807) is 0 Å². The monoisotopic (exact) mass is 170 g/mol. The molecular weight excluding hydrogens is 148 g/mol. The van der Waals surface area contributed by atoms with Gasteiger partial charge in [-0.3, -0.25) is 0 Å². The van der Waals surface area contributed by atoms with E-state index in [0.29, 0.717) is 5.92 Å². The van der Waals surface area contributed by atoms with Crippen LogP contribution in [-0.2, 0) is 4.79 Å². The van der Waals surface area contributed by atoms with Crippen molar-refractivity contribution in [3.05, 3.63) is 0 Å². The average Bonchev–Trinajstić information content (AvgIpc) is 2.04. The largest absolute Gasteiger partial charge is 0.303 e. The lowest BCUT2D eigenvalue weighted by atomic mass is 9.96. The van der Waals surface area contributed by atoms with Gasteiger partial charge in [0.15, 0.2) is 0 Å². The van der Waals surface area contributed by atoms with Crippen molar-refractivity contribution in [2.24, 2.45) is 11.8 Å². The maximum absolute atomic E-state index is 10.2. The summed E-state index contributed by atoms with van der Waals surface area (Å²) < 4.78 is 0. The van der Waals surface area contributed by atoms with Gasteiger partial charge in [0.05, 0.1) is 0 Å². The predicted molar refractivity (Wildman–Crippen MR) is 53.2 cm³/mol. The fourth-order valence-electron chi connectivity index (χ4n) is 1.30. The molecule has 0 fully saturated rings. The van der Waals surface area contributed by atoms with E-state index in [4.69, 9.17) is 0 Å². The second-order valence-electron chi connectivity index (χ2n) is 3.95. The van der Waals surface area contributed by atoms with Crippen LogP contribution < -0.4 is 0 Å². The quantitative estimate of drug-likeness (QED) is 0.535. The van der Waals surface area contributed by atoms with Crippen LogP contribution in [0.4, 0.5) is 0 Å². The van der Waals surface area contributed by atoms with Crippen LogP contribution in [0.25, 0.3) is 0 Å². The summed E-state index contributed by atoms with van der Waals surface area (Å²) in [7, 11) is 0. The van der Waals surface area contributed by atoms with Crippen molar-refractivity contribution >= 4 is 6.29 Å². The minimum absolute atomic E-state index is 0.589. The molecule has 0 aromatic rings. The van der Waals surface area contributed by atoms with Crippen molar-refractivity contribution in [1.82, 2.24) is 0 Å². The molecule has 0 aliphatic heterocycles. The Morgan fingerprint density at radius 2 is 1.75 bits per heavy atom. The van der Waals surface area contributed by atoms with Gasteiger partial charge in [0, 0.05) is 6.42 Å². The molecule has 0 aliphatic carbocycles. The first-order chi connectivity index (χ1) is 5.70. The zero-order chi connectivity index (χ0) is 9.40. The Kier molecular flexibility index (Phi) is 7.12. The molecule has 0 aliphatic rings. The predicted octanol–water partition coefficient (Wildman–Crippen LogP) is 3.43. The molecule has 0 amide bonds. The van der Waals surface area contributed by atoms with Gasteiger partial charge in [-0.15, -0.1) is 0 Å². The minimum Gasteiger partial charge on any atom is -0.303 e. The van der Waals surface area contributed by atoms with E-state index in [1.807, 2.05) is 0 Å². The van der Waals surface area contributed by atoms with E-state index in [0.717, 1.165) is 18.6 Å². The third-order valence-corrected chi connectivity index (χ3v) is 2.59. The highest BCUT2D eigenvalue weighted by Gasteiger charge is 2.02. The molecule has 12 heavy (non-hydrogen) atoms. The third kappa shape index (κ3) is 6.38. The molecule has 0 saturated carbocycles. The molecule has 0 bridgehead atoms. The van der Waals surface area contributed by atoms with E-state index in [2.05, 4.69) is 20.8 Å². The zero-order valence-electron chi connectivity index (χ0n) is 8.68. The van der Waals surface area contributed by atoms with Gasteiger partial charge in [0.2, 0.25) is 0 Å². The normalized spacial score (nSPS) is 15.6. The Bertz CT molecular complexity index is 110. The molecule has 2 atom stereocenters. The van der Waals surface area contributed by atoms with E-state index >= 15 is 0 Å². The van der Waals surface area contributed by atoms with Crippen LogP contribution in [0.15, 0.2) is 0 Å². The molecule has 1 nitrogen and oxygen atoms in total. The number of carbonyl (C=O) groups is 1. The molecule has 0 heterocycles. The van der Waals surface area contributed by atoms with Crippen LogP contribution in [0.2, 0.25) is 0 Å². The van der Waals surface area contributed by atoms with Gasteiger partial charge < -0.3 is 4.79 Å². The van der Waals surface area contributed by atoms with Gasteiger partial charge in [0.1, 0.15) is 6.29 Å². The molecule has 0 N–H and O–H groups in total. The Balaban J connectivity index is 3.23. The maximum atomic E-state index is 10.2. The lowest BCUT2D eigenvalue weighted by molar-refractivity contribution is -0.108. The highest BCUT2D eigenvalue weighted by atomic mass is 16.1. The molecule has 0 saturated heterocycles. The van der Waals surface area contributed by atoms with Crippen molar-refractivity contribution in [3.8, 4) is 0 Å². The first-order valence-corrected chi connectivity index (χ1v) is 5.14. The summed E-state index contributed by atoms with van der Waals surface area (Å²) in [5.41, 5.74) is 0. The maximum Gasteiger partial charge on any atom is 0.120 e. The first kappa shape index (κ1) is 11.7. The Morgan fingerprint density at radius 1 is 1.17 bits per heavy atom. The van der Waals surface area contributed by atoms with E-state index in [-0.39, 0.29) is 0 Å². The summed E-state index contributed by atoms with van der Waals surface area (Å²) in [6.07, 6.45) is 6.86. The van der Waals surface area contributed by atoms with Gasteiger partial charge in [-0.25, -0.2) is 0 Å². The summed E-state index contributed by atoms with van der Waals surface area (Å²) in [5.74, 6) is 1.44. The van der Waals surface area contributed by atoms with Crippen molar-refractivity contribution in [1.29, 1.82) is 0 Å². The second-order valence-corrected chi connectivity index (χ2v) is 3.95. The second kappa shape index (κ2) is 7.33. The van der Waals surface area contributed by atoms with Gasteiger partial charge in [0.25, 0.3) is 0 Å². The fraction of sp³-hybridized carbons (Fsp3) is 0.909. The fourth-order valence-corrected chi connectivity index (χ4v) is 1.30. The molecule has 72 valence electrons. The molecular formula is C11H22O. The SMILES string of the molecule is CCC(C)CCCC(C)CC=O. The van der Waals surface area contributed by atoms with Gasteiger partial charge in [-0.05, 0) is 11.8 Å². The molecule has 0 aromatic heterocycles. The highest BCUT2D eigenvalue weighted by Crippen LogP contribution is 2.15. The molecule has 0 spiro atoms. The van der Waals surface area contributed by atoms with Crippen molar-refractivity contribution < 1.29 is 4.79 Å². The Labute approximate surface area is 76.6 Å². The number of hydrogen-bond donors (Lipinski definition) is 0. The van der Waals surface area contributed by atoms with Crippen molar-refractivity contribution in [2.75, 3.05) is 0 Å². The highest BCUT2D eigenvalue weighted by molar-refractivity contribution is 5.49. The van der Waals surface area contributed by atoms with Crippen molar-refractivity contribution in [2.45, 2.75) is 52.9 Å². The molecule has 0 radical (unpaired) electrons. The summed E-state index contributed by atoms with van der Waals surface area (Å²) >= 11 is 0. The number of aldehydes is 1. The van der Waals surface area contributed by atoms with Crippen LogP contribution in [-0.4, -0.2) is 6.29 Å². The van der Waals surface area contributed by atoms with E-state index < -0.39 is 0 Å². The van der Waals surface area contributed by atoms with Gasteiger partial charge in [-0.2, -0.15) is 0 Å². The lowest BCUT2D eigenvalue weighted by Gasteiger charge is -2.10. The third-order valence-electron chi connectivity index (χ3n) is 2.59. The van der Waals surface area contributed by atoms with Crippen LogP contribution in [0.3, 0.4) is 0 Å². The minimum atomic E-state index is 0.589. The van der Waals surface area contributed by atoms with E-state index in [1.165, 1.54) is 25.7 Å². The van der Waals surface area contributed by atoms with Crippen LogP contribution in [0.1, 0.15) is 52.9 Å². The number of carbonyl (C=O) groups excluding carboxylic acids is 1. The van der Waals surface area contributed by atoms with Crippen molar-refractivity contribution in [3.63, 3.8) is 0 Å². The summed E-state index contributed by atoms with van der Waals surface area (Å²) in [6.45, 7) is 6.69.